The van der Waals surface area contributed by atoms with E-state index in [1.54, 1.807) is 6.92 Å². The van der Waals surface area contributed by atoms with Gasteiger partial charge in [-0.2, -0.15) is 13.2 Å². The second-order valence-electron chi connectivity index (χ2n) is 7.09. The van der Waals surface area contributed by atoms with Gasteiger partial charge in [0.05, 0.1) is 11.5 Å². The molecule has 3 N–H and O–H groups in total. The van der Waals surface area contributed by atoms with Gasteiger partial charge in [0.2, 0.25) is 0 Å². The third-order valence-corrected chi connectivity index (χ3v) is 5.52. The summed E-state index contributed by atoms with van der Waals surface area (Å²) in [5.74, 6) is -1.99. The molecule has 3 heterocycles. The van der Waals surface area contributed by atoms with Gasteiger partial charge in [0.1, 0.15) is 5.82 Å². The molecule has 1 atom stereocenters. The largest absolute Gasteiger partial charge is 0.393 e. The van der Waals surface area contributed by atoms with Crippen LogP contribution in [0.5, 0.6) is 0 Å². The van der Waals surface area contributed by atoms with E-state index >= 15 is 0 Å². The van der Waals surface area contributed by atoms with Gasteiger partial charge < -0.3 is 10.2 Å². The van der Waals surface area contributed by atoms with Gasteiger partial charge in [0, 0.05) is 37.2 Å². The Labute approximate surface area is 171 Å². The number of alkyl halides is 3. The molecule has 1 aliphatic heterocycles. The van der Waals surface area contributed by atoms with Crippen molar-refractivity contribution >= 4 is 27.4 Å². The molecule has 2 aromatic heterocycles. The number of sulfonamides is 1. The Kier molecular flexibility index (Phi) is 5.99. The van der Waals surface area contributed by atoms with Crippen LogP contribution in [0, 0.1) is 12.8 Å². The van der Waals surface area contributed by atoms with Crippen molar-refractivity contribution in [2.45, 2.75) is 31.0 Å². The van der Waals surface area contributed by atoms with Crippen LogP contribution in [0.4, 0.5) is 24.7 Å². The summed E-state index contributed by atoms with van der Waals surface area (Å²) < 4.78 is 62.5. The van der Waals surface area contributed by atoms with Gasteiger partial charge in [0.15, 0.2) is 5.03 Å². The van der Waals surface area contributed by atoms with Crippen molar-refractivity contribution in [2.75, 3.05) is 23.3 Å². The number of primary sulfonamides is 1. The number of pyridine rings is 2. The summed E-state index contributed by atoms with van der Waals surface area (Å²) in [7, 11) is -4.07. The highest BCUT2D eigenvalue weighted by Crippen LogP contribution is 2.35. The van der Waals surface area contributed by atoms with Crippen LogP contribution in [0.15, 0.2) is 35.6 Å². The molecule has 162 valence electrons. The van der Waals surface area contributed by atoms with Gasteiger partial charge in [-0.1, -0.05) is 0 Å². The van der Waals surface area contributed by atoms with Crippen molar-refractivity contribution < 1.29 is 26.4 Å². The summed E-state index contributed by atoms with van der Waals surface area (Å²) in [6, 6.07) is 3.99. The highest BCUT2D eigenvalue weighted by Gasteiger charge is 2.42. The molecule has 1 aliphatic rings. The maximum atomic E-state index is 13.2. The zero-order valence-electron chi connectivity index (χ0n) is 16.0. The molecule has 2 aromatic rings. The van der Waals surface area contributed by atoms with Gasteiger partial charge in [-0.3, -0.25) is 4.79 Å². The van der Waals surface area contributed by atoms with Crippen molar-refractivity contribution in [1.82, 2.24) is 9.97 Å². The Hall–Kier alpha value is -2.73. The number of amides is 1. The lowest BCUT2D eigenvalue weighted by molar-refractivity contribution is -0.176. The van der Waals surface area contributed by atoms with Crippen LogP contribution in [0.25, 0.3) is 0 Å². The van der Waals surface area contributed by atoms with Crippen molar-refractivity contribution in [3.05, 3.63) is 41.7 Å². The minimum Gasteiger partial charge on any atom is -0.355 e. The van der Waals surface area contributed by atoms with Crippen LogP contribution in [0.2, 0.25) is 0 Å². The quantitative estimate of drug-likeness (QED) is 0.750. The Balaban J connectivity index is 1.89. The molecule has 0 radical (unpaired) electrons. The smallest absolute Gasteiger partial charge is 0.355 e. The van der Waals surface area contributed by atoms with Crippen molar-refractivity contribution in [2.24, 2.45) is 11.1 Å². The molecule has 3 rings (SSSR count). The van der Waals surface area contributed by atoms with Gasteiger partial charge >= 0.3 is 6.18 Å². The van der Waals surface area contributed by atoms with Gasteiger partial charge in [-0.15, -0.1) is 0 Å². The zero-order valence-corrected chi connectivity index (χ0v) is 16.8. The number of hydrogen-bond donors (Lipinski definition) is 2. The molecule has 8 nitrogen and oxygen atoms in total. The third-order valence-electron chi connectivity index (χ3n) is 4.72. The SMILES string of the molecule is Cc1cnc(N2CCCC(C(F)(F)F)C2)c(C(=O)Nc2ccnc(S(N)(=O)=O)c2)c1. The maximum absolute atomic E-state index is 13.2. The molecule has 1 saturated heterocycles. The summed E-state index contributed by atoms with van der Waals surface area (Å²) in [5.41, 5.74) is 0.860. The molecule has 0 spiro atoms. The Bertz CT molecular complexity index is 1060. The topological polar surface area (TPSA) is 118 Å². The number of nitrogens with zero attached hydrogens (tertiary/aromatic N) is 3. The number of piperidine rings is 1. The van der Waals surface area contributed by atoms with Gasteiger partial charge in [0.25, 0.3) is 15.9 Å². The van der Waals surface area contributed by atoms with Crippen LogP contribution >= 0.6 is 0 Å². The van der Waals surface area contributed by atoms with E-state index in [4.69, 9.17) is 5.14 Å². The van der Waals surface area contributed by atoms with E-state index in [9.17, 15) is 26.4 Å². The first-order valence-corrected chi connectivity index (χ1v) is 10.6. The van der Waals surface area contributed by atoms with Crippen LogP contribution in [0.1, 0.15) is 28.8 Å². The summed E-state index contributed by atoms with van der Waals surface area (Å²) in [6.07, 6.45) is -1.32. The number of aryl methyl sites for hydroxylation is 1. The molecule has 1 fully saturated rings. The molecule has 0 bridgehead atoms. The van der Waals surface area contributed by atoms with E-state index < -0.39 is 33.1 Å². The second-order valence-corrected chi connectivity index (χ2v) is 8.60. The molecule has 12 heteroatoms. The fourth-order valence-electron chi connectivity index (χ4n) is 3.26. The minimum absolute atomic E-state index is 0.0285. The Morgan fingerprint density at radius 1 is 1.30 bits per heavy atom. The maximum Gasteiger partial charge on any atom is 0.393 e. The predicted molar refractivity (Wildman–Crippen MR) is 104 cm³/mol. The molecule has 1 unspecified atom stereocenters. The lowest BCUT2D eigenvalue weighted by Gasteiger charge is -2.35. The van der Waals surface area contributed by atoms with Crippen LogP contribution in [-0.2, 0) is 10.0 Å². The monoisotopic (exact) mass is 443 g/mol. The lowest BCUT2D eigenvalue weighted by atomic mass is 9.97. The highest BCUT2D eigenvalue weighted by molar-refractivity contribution is 7.89. The third kappa shape index (κ3) is 5.05. The molecule has 0 aromatic carbocycles. The van der Waals surface area contributed by atoms with E-state index in [1.165, 1.54) is 29.4 Å². The second kappa shape index (κ2) is 8.19. The molecule has 1 amide bonds. The standard InChI is InChI=1S/C18H20F3N5O3S/c1-11-7-14(17(27)25-13-4-5-23-15(8-13)30(22,28)29)16(24-9-11)26-6-2-3-12(10-26)18(19,20)21/h4-5,7-9,12H,2-3,6,10H2,1H3,(H2,22,28,29)(H,23,25,27). The van der Waals surface area contributed by atoms with E-state index in [0.29, 0.717) is 18.5 Å². The number of nitrogens with two attached hydrogens (primary N) is 1. The number of hydrogen-bond acceptors (Lipinski definition) is 6. The summed E-state index contributed by atoms with van der Waals surface area (Å²) in [4.78, 5) is 22.2. The number of aromatic nitrogens is 2. The van der Waals surface area contributed by atoms with Crippen LogP contribution < -0.4 is 15.4 Å². The number of carbonyl (C=O) groups excluding carboxylic acids is 1. The highest BCUT2D eigenvalue weighted by atomic mass is 32.2. The molecular weight excluding hydrogens is 423 g/mol. The average Bonchev–Trinajstić information content (AvgIpc) is 2.67. The molecule has 0 saturated carbocycles. The Morgan fingerprint density at radius 2 is 2.03 bits per heavy atom. The fraction of sp³-hybridized carbons (Fsp3) is 0.389. The fourth-order valence-corrected chi connectivity index (χ4v) is 3.76. The van der Waals surface area contributed by atoms with E-state index in [1.807, 2.05) is 0 Å². The molecule has 0 aliphatic carbocycles. The van der Waals surface area contributed by atoms with E-state index in [0.717, 1.165) is 6.07 Å². The number of rotatable bonds is 4. The predicted octanol–water partition coefficient (Wildman–Crippen LogP) is 2.46. The summed E-state index contributed by atoms with van der Waals surface area (Å²) in [5, 5.41) is 7.15. The van der Waals surface area contributed by atoms with Crippen molar-refractivity contribution in [1.29, 1.82) is 0 Å². The number of halogens is 3. The number of carbonyl (C=O) groups is 1. The lowest BCUT2D eigenvalue weighted by Crippen LogP contribution is -2.42. The van der Waals surface area contributed by atoms with Gasteiger partial charge in [-0.25, -0.2) is 23.5 Å². The molecule has 30 heavy (non-hydrogen) atoms. The van der Waals surface area contributed by atoms with Crippen molar-refractivity contribution in [3.8, 4) is 0 Å². The van der Waals surface area contributed by atoms with Crippen LogP contribution in [0.3, 0.4) is 0 Å². The number of anilines is 2. The average molecular weight is 443 g/mol. The van der Waals surface area contributed by atoms with E-state index in [-0.39, 0.29) is 30.0 Å². The number of nitrogens with one attached hydrogen (secondary N) is 1. The normalized spacial score (nSPS) is 17.6. The zero-order chi connectivity index (χ0) is 22.1. The minimum atomic E-state index is -4.33. The van der Waals surface area contributed by atoms with Crippen molar-refractivity contribution in [3.63, 3.8) is 0 Å². The molecular formula is C18H20F3N5O3S. The van der Waals surface area contributed by atoms with E-state index in [2.05, 4.69) is 15.3 Å². The summed E-state index contributed by atoms with van der Waals surface area (Å²) in [6.45, 7) is 1.76. The first kappa shape index (κ1) is 22.0. The van der Waals surface area contributed by atoms with Crippen LogP contribution in [-0.4, -0.2) is 43.6 Å². The summed E-state index contributed by atoms with van der Waals surface area (Å²) >= 11 is 0. The first-order valence-electron chi connectivity index (χ1n) is 9.03. The first-order chi connectivity index (χ1) is 13.9. The van der Waals surface area contributed by atoms with Gasteiger partial charge in [-0.05, 0) is 37.5 Å². The Morgan fingerprint density at radius 3 is 2.70 bits per heavy atom.